The second-order valence-corrected chi connectivity index (χ2v) is 4.69. The summed E-state index contributed by atoms with van der Waals surface area (Å²) in [6.07, 6.45) is 4.17. The lowest BCUT2D eigenvalue weighted by molar-refractivity contribution is -0.137. The van der Waals surface area contributed by atoms with Crippen molar-refractivity contribution in [3.63, 3.8) is 0 Å². The first-order valence-corrected chi connectivity index (χ1v) is 6.49. The zero-order valence-electron chi connectivity index (χ0n) is 9.92. The Morgan fingerprint density at radius 3 is 3.00 bits per heavy atom. The molecule has 1 amide bonds. The lowest BCUT2D eigenvalue weighted by Gasteiger charge is -1.97. The van der Waals surface area contributed by atoms with E-state index in [0.717, 1.165) is 5.69 Å². The number of thiazole rings is 1. The Hall–Kier alpha value is -2.22. The van der Waals surface area contributed by atoms with E-state index in [9.17, 15) is 9.59 Å². The van der Waals surface area contributed by atoms with Gasteiger partial charge in [-0.1, -0.05) is 0 Å². The number of carbonyl (C=O) groups is 2. The average molecular weight is 280 g/mol. The molecule has 2 rings (SSSR count). The molecule has 3 N–H and O–H groups in total. The predicted molar refractivity (Wildman–Crippen MR) is 69.2 cm³/mol. The summed E-state index contributed by atoms with van der Waals surface area (Å²) in [4.78, 5) is 26.3. The van der Waals surface area contributed by atoms with Crippen LogP contribution >= 0.6 is 11.3 Å². The van der Waals surface area contributed by atoms with E-state index in [-0.39, 0.29) is 12.3 Å². The zero-order valence-corrected chi connectivity index (χ0v) is 10.7. The topological polar surface area (TPSA) is 108 Å². The quantitative estimate of drug-likeness (QED) is 0.743. The van der Waals surface area contributed by atoms with Crippen LogP contribution in [0.4, 0.5) is 5.13 Å². The van der Waals surface area contributed by atoms with E-state index < -0.39 is 5.97 Å². The maximum atomic E-state index is 11.7. The minimum absolute atomic E-state index is 0.119. The number of carbonyl (C=O) groups excluding carboxylic acids is 1. The Morgan fingerprint density at radius 2 is 2.32 bits per heavy atom. The van der Waals surface area contributed by atoms with Crippen molar-refractivity contribution in [3.8, 4) is 0 Å². The highest BCUT2D eigenvalue weighted by atomic mass is 32.1. The summed E-state index contributed by atoms with van der Waals surface area (Å²) < 4.78 is 0. The van der Waals surface area contributed by atoms with Crippen molar-refractivity contribution in [2.75, 3.05) is 5.32 Å². The van der Waals surface area contributed by atoms with Crippen LogP contribution in [-0.4, -0.2) is 32.2 Å². The minimum Gasteiger partial charge on any atom is -0.481 e. The number of hydrogen-bond donors (Lipinski definition) is 3. The molecule has 7 nitrogen and oxygen atoms in total. The Morgan fingerprint density at radius 1 is 1.47 bits per heavy atom. The second kappa shape index (κ2) is 6.10. The maximum Gasteiger partial charge on any atom is 0.303 e. The van der Waals surface area contributed by atoms with Crippen molar-refractivity contribution in [2.45, 2.75) is 19.3 Å². The van der Waals surface area contributed by atoms with Crippen LogP contribution in [0.1, 0.15) is 28.9 Å². The molecule has 0 unspecified atom stereocenters. The van der Waals surface area contributed by atoms with Gasteiger partial charge in [0, 0.05) is 18.0 Å². The van der Waals surface area contributed by atoms with Gasteiger partial charge < -0.3 is 5.11 Å². The molecule has 100 valence electrons. The van der Waals surface area contributed by atoms with Crippen LogP contribution in [0.2, 0.25) is 0 Å². The highest BCUT2D eigenvalue weighted by Crippen LogP contribution is 2.17. The van der Waals surface area contributed by atoms with E-state index in [1.165, 1.54) is 23.7 Å². The van der Waals surface area contributed by atoms with E-state index in [1.807, 2.05) is 5.38 Å². The number of carboxylic acid groups (broad SMARTS) is 1. The Bertz CT molecular complexity index is 564. The van der Waals surface area contributed by atoms with Crippen molar-refractivity contribution >= 4 is 28.3 Å². The van der Waals surface area contributed by atoms with Gasteiger partial charge in [-0.2, -0.15) is 5.10 Å². The number of aromatic nitrogens is 3. The molecule has 2 aromatic heterocycles. The molecule has 0 aromatic carbocycles. The van der Waals surface area contributed by atoms with E-state index in [2.05, 4.69) is 20.5 Å². The lowest BCUT2D eigenvalue weighted by atomic mass is 10.2. The third kappa shape index (κ3) is 3.88. The summed E-state index contributed by atoms with van der Waals surface area (Å²) in [6.45, 7) is 0. The van der Waals surface area contributed by atoms with Gasteiger partial charge in [-0.05, 0) is 12.8 Å². The number of H-pyrrole nitrogens is 1. The number of amides is 1. The Balaban J connectivity index is 1.87. The minimum atomic E-state index is -0.816. The monoisotopic (exact) mass is 280 g/mol. The maximum absolute atomic E-state index is 11.7. The molecular formula is C11H12N4O3S. The van der Waals surface area contributed by atoms with Crippen LogP contribution in [0.25, 0.3) is 0 Å². The van der Waals surface area contributed by atoms with Crippen molar-refractivity contribution in [1.29, 1.82) is 0 Å². The van der Waals surface area contributed by atoms with Gasteiger partial charge >= 0.3 is 5.97 Å². The summed E-state index contributed by atoms with van der Waals surface area (Å²) in [6, 6.07) is 0. The summed E-state index contributed by atoms with van der Waals surface area (Å²) in [5.74, 6) is -1.09. The Kier molecular flexibility index (Phi) is 4.24. The largest absolute Gasteiger partial charge is 0.481 e. The number of hydrogen-bond acceptors (Lipinski definition) is 5. The summed E-state index contributed by atoms with van der Waals surface area (Å²) in [5, 5.41) is 19.7. The molecule has 2 aromatic rings. The normalized spacial score (nSPS) is 10.3. The fourth-order valence-corrected chi connectivity index (χ4v) is 2.18. The van der Waals surface area contributed by atoms with Gasteiger partial charge in [-0.15, -0.1) is 11.3 Å². The fourth-order valence-electron chi connectivity index (χ4n) is 1.44. The molecule has 0 atom stereocenters. The van der Waals surface area contributed by atoms with Gasteiger partial charge in [-0.3, -0.25) is 20.0 Å². The van der Waals surface area contributed by atoms with Crippen molar-refractivity contribution in [3.05, 3.63) is 29.0 Å². The van der Waals surface area contributed by atoms with Crippen LogP contribution in [0.5, 0.6) is 0 Å². The van der Waals surface area contributed by atoms with Gasteiger partial charge in [0.1, 0.15) is 0 Å². The molecule has 0 aliphatic heterocycles. The number of aromatic amines is 1. The van der Waals surface area contributed by atoms with E-state index in [1.54, 1.807) is 0 Å². The number of rotatable bonds is 6. The van der Waals surface area contributed by atoms with Crippen LogP contribution in [-0.2, 0) is 11.2 Å². The average Bonchev–Trinajstić information content (AvgIpc) is 2.99. The SMILES string of the molecule is O=C(O)CCCc1csc(NC(=O)c2cn[nH]c2)n1. The molecule has 2 heterocycles. The van der Waals surface area contributed by atoms with Crippen molar-refractivity contribution < 1.29 is 14.7 Å². The molecule has 0 spiro atoms. The first-order valence-electron chi connectivity index (χ1n) is 5.61. The molecule has 0 bridgehead atoms. The number of aryl methyl sites for hydroxylation is 1. The summed E-state index contributed by atoms with van der Waals surface area (Å²) >= 11 is 1.31. The predicted octanol–water partition coefficient (Wildman–Crippen LogP) is 1.53. The second-order valence-electron chi connectivity index (χ2n) is 3.83. The van der Waals surface area contributed by atoms with Gasteiger partial charge in [0.05, 0.1) is 17.5 Å². The first-order chi connectivity index (χ1) is 9.15. The molecular weight excluding hydrogens is 268 g/mol. The molecule has 0 aliphatic rings. The summed E-state index contributed by atoms with van der Waals surface area (Å²) in [7, 11) is 0. The van der Waals surface area contributed by atoms with Crippen LogP contribution < -0.4 is 5.32 Å². The number of nitrogens with one attached hydrogen (secondary N) is 2. The van der Waals surface area contributed by atoms with Crippen molar-refractivity contribution in [2.24, 2.45) is 0 Å². The molecule has 0 saturated heterocycles. The van der Waals surface area contributed by atoms with Gasteiger partial charge in [0.2, 0.25) is 0 Å². The number of nitrogens with zero attached hydrogens (tertiary/aromatic N) is 2. The van der Waals surface area contributed by atoms with Gasteiger partial charge in [0.15, 0.2) is 5.13 Å². The smallest absolute Gasteiger partial charge is 0.303 e. The van der Waals surface area contributed by atoms with Crippen LogP contribution in [0.15, 0.2) is 17.8 Å². The Labute approximate surface area is 112 Å². The van der Waals surface area contributed by atoms with E-state index in [4.69, 9.17) is 5.11 Å². The first kappa shape index (κ1) is 13.2. The third-order valence-electron chi connectivity index (χ3n) is 2.36. The van der Waals surface area contributed by atoms with Gasteiger partial charge in [-0.25, -0.2) is 4.98 Å². The molecule has 0 aliphatic carbocycles. The third-order valence-corrected chi connectivity index (χ3v) is 3.16. The van der Waals surface area contributed by atoms with E-state index in [0.29, 0.717) is 23.5 Å². The highest BCUT2D eigenvalue weighted by molar-refractivity contribution is 7.13. The fraction of sp³-hybridized carbons (Fsp3) is 0.273. The number of carboxylic acids is 1. The van der Waals surface area contributed by atoms with Gasteiger partial charge in [0.25, 0.3) is 5.91 Å². The molecule has 0 radical (unpaired) electrons. The number of aliphatic carboxylic acids is 1. The lowest BCUT2D eigenvalue weighted by Crippen LogP contribution is -2.10. The summed E-state index contributed by atoms with van der Waals surface area (Å²) in [5.41, 5.74) is 1.22. The zero-order chi connectivity index (χ0) is 13.7. The van der Waals surface area contributed by atoms with Crippen LogP contribution in [0.3, 0.4) is 0 Å². The van der Waals surface area contributed by atoms with Crippen molar-refractivity contribution in [1.82, 2.24) is 15.2 Å². The van der Waals surface area contributed by atoms with E-state index >= 15 is 0 Å². The highest BCUT2D eigenvalue weighted by Gasteiger charge is 2.10. The van der Waals surface area contributed by atoms with Crippen LogP contribution in [0, 0.1) is 0 Å². The molecule has 19 heavy (non-hydrogen) atoms. The molecule has 8 heteroatoms. The number of anilines is 1. The molecule has 0 fully saturated rings. The standard InChI is InChI=1S/C11H12N4O3S/c16-9(17)3-1-2-8-6-19-11(14-8)15-10(18)7-4-12-13-5-7/h4-6H,1-3H2,(H,12,13)(H,16,17)(H,14,15,18). The molecule has 0 saturated carbocycles.